The third-order valence-electron chi connectivity index (χ3n) is 4.83. The maximum Gasteiger partial charge on any atom is 0.0449 e. The van der Waals surface area contributed by atoms with Gasteiger partial charge in [0.2, 0.25) is 0 Å². The van der Waals surface area contributed by atoms with Gasteiger partial charge >= 0.3 is 0 Å². The first-order valence-electron chi connectivity index (χ1n) is 8.42. The molecule has 0 spiro atoms. The number of aryl methyl sites for hydroxylation is 1. The fourth-order valence-corrected chi connectivity index (χ4v) is 3.38. The molecule has 1 fully saturated rings. The lowest BCUT2D eigenvalue weighted by molar-refractivity contribution is 0.219. The van der Waals surface area contributed by atoms with E-state index in [0.717, 1.165) is 19.0 Å². The first-order chi connectivity index (χ1) is 9.90. The Labute approximate surface area is 130 Å². The first kappa shape index (κ1) is 16.5. The SMILES string of the molecule is CCNC(CN1CCC(C(C)(C)C)C1)c1cccc(C)c1. The Hall–Kier alpha value is -0.860. The highest BCUT2D eigenvalue weighted by Crippen LogP contribution is 2.34. The standard InChI is InChI=1S/C19H32N2/c1-6-20-18(16-9-7-8-15(2)12-16)14-21-11-10-17(13-21)19(3,4)5/h7-9,12,17-18,20H,6,10-11,13-14H2,1-5H3. The molecule has 0 aromatic heterocycles. The van der Waals surface area contributed by atoms with Crippen molar-refractivity contribution in [3.63, 3.8) is 0 Å². The van der Waals surface area contributed by atoms with Gasteiger partial charge in [-0.1, -0.05) is 57.5 Å². The summed E-state index contributed by atoms with van der Waals surface area (Å²) in [6.07, 6.45) is 1.34. The summed E-state index contributed by atoms with van der Waals surface area (Å²) in [5.41, 5.74) is 3.21. The third-order valence-corrected chi connectivity index (χ3v) is 4.83. The number of benzene rings is 1. The summed E-state index contributed by atoms with van der Waals surface area (Å²) in [4.78, 5) is 2.64. The molecule has 1 N–H and O–H groups in total. The third kappa shape index (κ3) is 4.55. The molecule has 0 bridgehead atoms. The maximum absolute atomic E-state index is 3.66. The molecule has 21 heavy (non-hydrogen) atoms. The summed E-state index contributed by atoms with van der Waals surface area (Å²) in [6.45, 7) is 16.2. The predicted octanol–water partition coefficient (Wildman–Crippen LogP) is 4.01. The van der Waals surface area contributed by atoms with E-state index < -0.39 is 0 Å². The Bertz CT molecular complexity index is 447. The smallest absolute Gasteiger partial charge is 0.0449 e. The van der Waals surface area contributed by atoms with E-state index in [1.165, 1.54) is 30.6 Å². The number of hydrogen-bond donors (Lipinski definition) is 1. The molecule has 1 heterocycles. The van der Waals surface area contributed by atoms with Crippen LogP contribution in [0, 0.1) is 18.3 Å². The predicted molar refractivity (Wildman–Crippen MR) is 91.6 cm³/mol. The van der Waals surface area contributed by atoms with Gasteiger partial charge in [0.1, 0.15) is 0 Å². The van der Waals surface area contributed by atoms with Crippen LogP contribution in [0.15, 0.2) is 24.3 Å². The van der Waals surface area contributed by atoms with E-state index in [0.29, 0.717) is 11.5 Å². The van der Waals surface area contributed by atoms with Crippen molar-refractivity contribution < 1.29 is 0 Å². The number of hydrogen-bond acceptors (Lipinski definition) is 2. The van der Waals surface area contributed by atoms with Gasteiger partial charge in [0, 0.05) is 19.1 Å². The molecule has 2 nitrogen and oxygen atoms in total. The maximum atomic E-state index is 3.66. The van der Waals surface area contributed by atoms with Gasteiger partial charge in [-0.25, -0.2) is 0 Å². The average molecular weight is 288 g/mol. The van der Waals surface area contributed by atoms with Crippen LogP contribution in [-0.2, 0) is 0 Å². The summed E-state index contributed by atoms with van der Waals surface area (Å²) in [7, 11) is 0. The normalized spacial score (nSPS) is 21.7. The van der Waals surface area contributed by atoms with Crippen molar-refractivity contribution in [2.75, 3.05) is 26.2 Å². The Morgan fingerprint density at radius 1 is 1.33 bits per heavy atom. The zero-order valence-corrected chi connectivity index (χ0v) is 14.4. The first-order valence-corrected chi connectivity index (χ1v) is 8.42. The average Bonchev–Trinajstić information content (AvgIpc) is 2.87. The Morgan fingerprint density at radius 3 is 2.67 bits per heavy atom. The Balaban J connectivity index is 2.01. The molecule has 0 aliphatic carbocycles. The van der Waals surface area contributed by atoms with Gasteiger partial charge in [0.15, 0.2) is 0 Å². The molecular weight excluding hydrogens is 256 g/mol. The van der Waals surface area contributed by atoms with E-state index in [9.17, 15) is 0 Å². The van der Waals surface area contributed by atoms with Crippen LogP contribution in [0.3, 0.4) is 0 Å². The van der Waals surface area contributed by atoms with Gasteiger partial charge in [-0.2, -0.15) is 0 Å². The van der Waals surface area contributed by atoms with Crippen molar-refractivity contribution in [1.29, 1.82) is 0 Å². The topological polar surface area (TPSA) is 15.3 Å². The Kier molecular flexibility index (Phi) is 5.45. The van der Waals surface area contributed by atoms with Crippen LogP contribution in [-0.4, -0.2) is 31.1 Å². The summed E-state index contributed by atoms with van der Waals surface area (Å²) < 4.78 is 0. The van der Waals surface area contributed by atoms with Crippen LogP contribution < -0.4 is 5.32 Å². The van der Waals surface area contributed by atoms with Gasteiger partial charge in [0.05, 0.1) is 0 Å². The lowest BCUT2D eigenvalue weighted by Gasteiger charge is -2.29. The van der Waals surface area contributed by atoms with Crippen molar-refractivity contribution in [3.05, 3.63) is 35.4 Å². The van der Waals surface area contributed by atoms with Gasteiger partial charge in [-0.15, -0.1) is 0 Å². The molecule has 1 aromatic rings. The minimum atomic E-state index is 0.436. The molecule has 1 saturated heterocycles. The largest absolute Gasteiger partial charge is 0.309 e. The van der Waals surface area contributed by atoms with E-state index in [1.54, 1.807) is 0 Å². The molecule has 2 rings (SSSR count). The number of likely N-dealkylation sites (tertiary alicyclic amines) is 1. The Morgan fingerprint density at radius 2 is 2.10 bits per heavy atom. The lowest BCUT2D eigenvalue weighted by atomic mass is 9.80. The summed E-state index contributed by atoms with van der Waals surface area (Å²) in [5.74, 6) is 0.831. The highest BCUT2D eigenvalue weighted by Gasteiger charge is 2.32. The van der Waals surface area contributed by atoms with E-state index in [4.69, 9.17) is 0 Å². The van der Waals surface area contributed by atoms with E-state index in [-0.39, 0.29) is 0 Å². The number of likely N-dealkylation sites (N-methyl/N-ethyl adjacent to an activating group) is 1. The van der Waals surface area contributed by atoms with Gasteiger partial charge < -0.3 is 10.2 Å². The zero-order chi connectivity index (χ0) is 15.5. The molecule has 1 aromatic carbocycles. The molecular formula is C19H32N2. The summed E-state index contributed by atoms with van der Waals surface area (Å²) in [5, 5.41) is 3.66. The second kappa shape index (κ2) is 6.93. The molecule has 2 atom stereocenters. The van der Waals surface area contributed by atoms with E-state index >= 15 is 0 Å². The van der Waals surface area contributed by atoms with Crippen LogP contribution in [0.5, 0.6) is 0 Å². The minimum absolute atomic E-state index is 0.436. The van der Waals surface area contributed by atoms with E-state index in [1.807, 2.05) is 0 Å². The molecule has 2 unspecified atom stereocenters. The molecule has 1 aliphatic rings. The summed E-state index contributed by atoms with van der Waals surface area (Å²) >= 11 is 0. The van der Waals surface area contributed by atoms with Crippen LogP contribution in [0.4, 0.5) is 0 Å². The summed E-state index contributed by atoms with van der Waals surface area (Å²) in [6, 6.07) is 9.39. The monoisotopic (exact) mass is 288 g/mol. The fraction of sp³-hybridized carbons (Fsp3) is 0.684. The lowest BCUT2D eigenvalue weighted by Crippen LogP contribution is -2.35. The second-order valence-electron chi connectivity index (χ2n) is 7.64. The van der Waals surface area contributed by atoms with Crippen LogP contribution in [0.2, 0.25) is 0 Å². The van der Waals surface area contributed by atoms with Crippen molar-refractivity contribution in [2.45, 2.75) is 47.1 Å². The van der Waals surface area contributed by atoms with Gasteiger partial charge in [-0.05, 0) is 43.3 Å². The fourth-order valence-electron chi connectivity index (χ4n) is 3.38. The number of nitrogens with one attached hydrogen (secondary N) is 1. The highest BCUT2D eigenvalue weighted by molar-refractivity contribution is 5.25. The van der Waals surface area contributed by atoms with E-state index in [2.05, 4.69) is 69.1 Å². The van der Waals surface area contributed by atoms with Crippen molar-refractivity contribution in [1.82, 2.24) is 10.2 Å². The van der Waals surface area contributed by atoms with Crippen molar-refractivity contribution >= 4 is 0 Å². The molecule has 0 amide bonds. The second-order valence-corrected chi connectivity index (χ2v) is 7.64. The molecule has 2 heteroatoms. The molecule has 0 radical (unpaired) electrons. The van der Waals surface area contributed by atoms with Crippen molar-refractivity contribution in [2.24, 2.45) is 11.3 Å². The quantitative estimate of drug-likeness (QED) is 0.880. The zero-order valence-electron chi connectivity index (χ0n) is 14.4. The van der Waals surface area contributed by atoms with Crippen LogP contribution >= 0.6 is 0 Å². The molecule has 0 saturated carbocycles. The number of nitrogens with zero attached hydrogens (tertiary/aromatic N) is 1. The number of rotatable bonds is 5. The molecule has 118 valence electrons. The van der Waals surface area contributed by atoms with Crippen molar-refractivity contribution in [3.8, 4) is 0 Å². The highest BCUT2D eigenvalue weighted by atomic mass is 15.2. The van der Waals surface area contributed by atoms with Crippen LogP contribution in [0.1, 0.15) is 51.3 Å². The van der Waals surface area contributed by atoms with Gasteiger partial charge in [0.25, 0.3) is 0 Å². The minimum Gasteiger partial charge on any atom is -0.309 e. The molecule has 1 aliphatic heterocycles. The van der Waals surface area contributed by atoms with Crippen LogP contribution in [0.25, 0.3) is 0 Å². The van der Waals surface area contributed by atoms with Gasteiger partial charge in [-0.3, -0.25) is 0 Å².